The highest BCUT2D eigenvalue weighted by Crippen LogP contribution is 2.35. The fraction of sp³-hybridized carbons (Fsp3) is 0.263. The average molecular weight is 356 g/mol. The first-order valence-corrected chi connectivity index (χ1v) is 8.80. The van der Waals surface area contributed by atoms with Gasteiger partial charge in [-0.15, -0.1) is 0 Å². The zero-order chi connectivity index (χ0) is 18.0. The summed E-state index contributed by atoms with van der Waals surface area (Å²) in [5.74, 6) is 1.22. The minimum Gasteiger partial charge on any atom is -0.495 e. The Morgan fingerprint density at radius 2 is 1.88 bits per heavy atom. The van der Waals surface area contributed by atoms with Crippen LogP contribution in [0.3, 0.4) is 0 Å². The normalized spacial score (nSPS) is 11.8. The van der Waals surface area contributed by atoms with Gasteiger partial charge in [-0.1, -0.05) is 29.0 Å². The van der Waals surface area contributed by atoms with Crippen molar-refractivity contribution in [2.45, 2.75) is 20.4 Å². The molecule has 1 aromatic heterocycles. The predicted molar refractivity (Wildman–Crippen MR) is 99.7 cm³/mol. The fourth-order valence-corrected chi connectivity index (χ4v) is 3.96. The molecule has 130 valence electrons. The Hall–Kier alpha value is -2.60. The van der Waals surface area contributed by atoms with Crippen molar-refractivity contribution in [3.05, 3.63) is 52.3 Å². The number of nitrogens with zero attached hydrogens (tertiary/aromatic N) is 2. The Kier molecular flexibility index (Phi) is 4.90. The molecule has 0 unspecified atom stereocenters. The lowest BCUT2D eigenvalue weighted by Gasteiger charge is -2.08. The highest BCUT2D eigenvalue weighted by molar-refractivity contribution is 7.16. The number of carbonyl (C=O) groups excluding carboxylic acids is 1. The third-order valence-corrected chi connectivity index (χ3v) is 5.06. The molecule has 25 heavy (non-hydrogen) atoms. The number of hydrogen-bond acceptors (Lipinski definition) is 4. The zero-order valence-corrected chi connectivity index (χ0v) is 15.5. The van der Waals surface area contributed by atoms with Crippen molar-refractivity contribution < 1.29 is 14.3 Å². The predicted octanol–water partition coefficient (Wildman–Crippen LogP) is 3.79. The maximum atomic E-state index is 12.6. The van der Waals surface area contributed by atoms with E-state index in [1.54, 1.807) is 20.3 Å². The Labute approximate surface area is 150 Å². The molecule has 0 atom stereocenters. The third kappa shape index (κ3) is 3.17. The number of aryl methyl sites for hydroxylation is 2. The average Bonchev–Trinajstić information content (AvgIpc) is 2.98. The zero-order valence-electron chi connectivity index (χ0n) is 14.7. The van der Waals surface area contributed by atoms with Gasteiger partial charge in [0.25, 0.3) is 5.91 Å². The van der Waals surface area contributed by atoms with E-state index in [1.807, 2.05) is 48.7 Å². The number of hydrogen-bond donors (Lipinski definition) is 0. The first kappa shape index (κ1) is 17.2. The number of benzene rings is 2. The summed E-state index contributed by atoms with van der Waals surface area (Å²) < 4.78 is 13.8. The summed E-state index contributed by atoms with van der Waals surface area (Å²) in [6.45, 7) is 4.64. The van der Waals surface area contributed by atoms with Crippen molar-refractivity contribution in [2.75, 3.05) is 14.2 Å². The van der Waals surface area contributed by atoms with E-state index < -0.39 is 0 Å². The van der Waals surface area contributed by atoms with Gasteiger partial charge in [-0.25, -0.2) is 0 Å². The van der Waals surface area contributed by atoms with E-state index >= 15 is 0 Å². The van der Waals surface area contributed by atoms with Crippen LogP contribution in [0.4, 0.5) is 0 Å². The van der Waals surface area contributed by atoms with E-state index in [0.29, 0.717) is 16.9 Å². The lowest BCUT2D eigenvalue weighted by molar-refractivity contribution is 0.0997. The molecule has 3 aromatic rings. The van der Waals surface area contributed by atoms with Crippen LogP contribution >= 0.6 is 11.3 Å². The molecule has 3 rings (SSSR count). The maximum absolute atomic E-state index is 12.6. The molecule has 0 spiro atoms. The summed E-state index contributed by atoms with van der Waals surface area (Å²) >= 11 is 1.43. The van der Waals surface area contributed by atoms with Crippen LogP contribution in [0.15, 0.2) is 41.4 Å². The van der Waals surface area contributed by atoms with Crippen LogP contribution in [0.25, 0.3) is 10.2 Å². The summed E-state index contributed by atoms with van der Waals surface area (Å²) in [7, 11) is 3.26. The molecule has 2 aromatic carbocycles. The molecule has 0 radical (unpaired) electrons. The second-order valence-electron chi connectivity index (χ2n) is 5.56. The lowest BCUT2D eigenvalue weighted by Crippen LogP contribution is -2.16. The number of fused-ring (bicyclic) bond motifs is 1. The largest absolute Gasteiger partial charge is 0.495 e. The molecule has 0 saturated carbocycles. The van der Waals surface area contributed by atoms with Crippen LogP contribution in [-0.4, -0.2) is 24.7 Å². The van der Waals surface area contributed by atoms with Gasteiger partial charge in [0.05, 0.1) is 14.2 Å². The van der Waals surface area contributed by atoms with Gasteiger partial charge >= 0.3 is 0 Å². The quantitative estimate of drug-likeness (QED) is 0.715. The Balaban J connectivity index is 2.24. The van der Waals surface area contributed by atoms with Gasteiger partial charge in [-0.05, 0) is 38.1 Å². The monoisotopic (exact) mass is 356 g/mol. The smallest absolute Gasteiger partial charge is 0.279 e. The summed E-state index contributed by atoms with van der Waals surface area (Å²) in [6.07, 6.45) is 0. The summed E-state index contributed by atoms with van der Waals surface area (Å²) in [4.78, 5) is 17.6. The van der Waals surface area contributed by atoms with E-state index in [9.17, 15) is 4.79 Å². The van der Waals surface area contributed by atoms with Gasteiger partial charge in [0, 0.05) is 12.1 Å². The molecule has 5 nitrogen and oxygen atoms in total. The minimum absolute atomic E-state index is 0.254. The number of ether oxygens (including phenoxy) is 2. The highest BCUT2D eigenvalue weighted by Gasteiger charge is 2.16. The van der Waals surface area contributed by atoms with E-state index in [1.165, 1.54) is 11.3 Å². The standard InChI is InChI=1S/C19H20N2O3S/c1-5-21-16-14(23-3)9-10-15(24-4)17(16)25-19(21)20-18(22)13-8-6-7-12(2)11-13/h6-11H,5H2,1-4H3. The van der Waals surface area contributed by atoms with Crippen molar-refractivity contribution in [1.29, 1.82) is 0 Å². The highest BCUT2D eigenvalue weighted by atomic mass is 32.1. The Morgan fingerprint density at radius 1 is 1.16 bits per heavy atom. The number of rotatable bonds is 4. The molecule has 0 fully saturated rings. The third-order valence-electron chi connectivity index (χ3n) is 3.97. The molecule has 0 aliphatic carbocycles. The summed E-state index contributed by atoms with van der Waals surface area (Å²) in [5, 5.41) is 0. The first-order valence-electron chi connectivity index (χ1n) is 7.99. The molecule has 1 heterocycles. The molecular formula is C19H20N2O3S. The van der Waals surface area contributed by atoms with Crippen LogP contribution < -0.4 is 14.3 Å². The molecule has 0 aliphatic heterocycles. The molecular weight excluding hydrogens is 336 g/mol. The van der Waals surface area contributed by atoms with E-state index in [-0.39, 0.29) is 5.91 Å². The minimum atomic E-state index is -0.254. The topological polar surface area (TPSA) is 52.8 Å². The van der Waals surface area contributed by atoms with Crippen molar-refractivity contribution in [2.24, 2.45) is 4.99 Å². The van der Waals surface area contributed by atoms with Crippen molar-refractivity contribution in [3.8, 4) is 11.5 Å². The first-order chi connectivity index (χ1) is 12.1. The van der Waals surface area contributed by atoms with Gasteiger partial charge in [-0.2, -0.15) is 4.99 Å². The molecule has 0 aliphatic rings. The van der Waals surface area contributed by atoms with E-state index in [4.69, 9.17) is 9.47 Å². The number of amides is 1. The van der Waals surface area contributed by atoms with Crippen LogP contribution in [0.2, 0.25) is 0 Å². The molecule has 6 heteroatoms. The van der Waals surface area contributed by atoms with Gasteiger partial charge in [0.15, 0.2) is 4.80 Å². The number of thiazole rings is 1. The molecule has 0 saturated heterocycles. The number of aromatic nitrogens is 1. The van der Waals surface area contributed by atoms with Gasteiger partial charge < -0.3 is 14.0 Å². The van der Waals surface area contributed by atoms with E-state index in [0.717, 1.165) is 27.3 Å². The Bertz CT molecular complexity index is 1000. The van der Waals surface area contributed by atoms with E-state index in [2.05, 4.69) is 4.99 Å². The lowest BCUT2D eigenvalue weighted by atomic mass is 10.1. The molecule has 1 amide bonds. The summed E-state index contributed by atoms with van der Waals surface area (Å²) in [6, 6.07) is 11.2. The van der Waals surface area contributed by atoms with Gasteiger partial charge in [0.1, 0.15) is 21.7 Å². The van der Waals surface area contributed by atoms with Gasteiger partial charge in [-0.3, -0.25) is 4.79 Å². The van der Waals surface area contributed by atoms with Gasteiger partial charge in [0.2, 0.25) is 0 Å². The van der Waals surface area contributed by atoms with Crippen LogP contribution in [0.5, 0.6) is 11.5 Å². The Morgan fingerprint density at radius 3 is 2.52 bits per heavy atom. The van der Waals surface area contributed by atoms with Crippen molar-refractivity contribution >= 4 is 27.5 Å². The second-order valence-corrected chi connectivity index (χ2v) is 6.54. The second kappa shape index (κ2) is 7.11. The van der Waals surface area contributed by atoms with Crippen LogP contribution in [0, 0.1) is 6.92 Å². The molecule has 0 N–H and O–H groups in total. The SMILES string of the molecule is CCn1c(=NC(=O)c2cccc(C)c2)sc2c(OC)ccc(OC)c21. The number of carbonyl (C=O) groups is 1. The van der Waals surface area contributed by atoms with Crippen LogP contribution in [-0.2, 0) is 6.54 Å². The fourth-order valence-electron chi connectivity index (χ4n) is 2.76. The van der Waals surface area contributed by atoms with Crippen molar-refractivity contribution in [3.63, 3.8) is 0 Å². The van der Waals surface area contributed by atoms with Crippen molar-refractivity contribution in [1.82, 2.24) is 4.57 Å². The molecule has 0 bridgehead atoms. The number of methoxy groups -OCH3 is 2. The summed E-state index contributed by atoms with van der Waals surface area (Å²) in [5.41, 5.74) is 2.51. The maximum Gasteiger partial charge on any atom is 0.279 e. The van der Waals surface area contributed by atoms with Crippen LogP contribution in [0.1, 0.15) is 22.8 Å².